The number of hydrogen-bond acceptors (Lipinski definition) is 3. The highest BCUT2D eigenvalue weighted by Gasteiger charge is 2.24. The fourth-order valence-electron chi connectivity index (χ4n) is 2.70. The van der Waals surface area contributed by atoms with Crippen LogP contribution in [0.1, 0.15) is 49.9 Å². The van der Waals surface area contributed by atoms with Crippen molar-refractivity contribution in [1.82, 2.24) is 9.88 Å². The van der Waals surface area contributed by atoms with Crippen molar-refractivity contribution >= 4 is 23.2 Å². The first-order valence-corrected chi connectivity index (χ1v) is 9.47. The largest absolute Gasteiger partial charge is 0.294 e. The van der Waals surface area contributed by atoms with Gasteiger partial charge in [0, 0.05) is 19.6 Å². The van der Waals surface area contributed by atoms with Crippen molar-refractivity contribution in [2.75, 3.05) is 6.54 Å². The van der Waals surface area contributed by atoms with E-state index in [1.54, 1.807) is 0 Å². The van der Waals surface area contributed by atoms with Crippen LogP contribution in [-0.4, -0.2) is 16.4 Å². The molecule has 0 saturated carbocycles. The van der Waals surface area contributed by atoms with Gasteiger partial charge in [0.25, 0.3) is 0 Å². The summed E-state index contributed by atoms with van der Waals surface area (Å²) in [5.41, 5.74) is 3.59. The molecule has 0 saturated heterocycles. The van der Waals surface area contributed by atoms with Crippen LogP contribution in [0.25, 0.3) is 0 Å². The van der Waals surface area contributed by atoms with Gasteiger partial charge in [0.1, 0.15) is 16.4 Å². The fourth-order valence-corrected chi connectivity index (χ4v) is 3.28. The highest BCUT2D eigenvalue weighted by molar-refractivity contribution is 6.33. The molecule has 3 nitrogen and oxygen atoms in total. The number of rotatable bonds is 2. The highest BCUT2D eigenvalue weighted by Crippen LogP contribution is 2.31. The molecular weight excluding hydrogens is 353 g/mol. The fraction of sp³-hybridized carbons (Fsp3) is 0.400. The van der Waals surface area contributed by atoms with Gasteiger partial charge < -0.3 is 0 Å². The number of halogens is 2. The quantitative estimate of drug-likeness (QED) is 0.614. The zero-order chi connectivity index (χ0) is 18.8. The number of aromatic nitrogens is 1. The maximum Gasteiger partial charge on any atom is 0.148 e. The van der Waals surface area contributed by atoms with Gasteiger partial charge in [-0.05, 0) is 23.1 Å². The van der Waals surface area contributed by atoms with Crippen molar-refractivity contribution in [2.24, 2.45) is 0 Å². The van der Waals surface area contributed by atoms with E-state index in [0.717, 1.165) is 30.6 Å². The van der Waals surface area contributed by atoms with Crippen LogP contribution >= 0.6 is 23.2 Å². The van der Waals surface area contributed by atoms with E-state index in [4.69, 9.17) is 23.2 Å². The van der Waals surface area contributed by atoms with Gasteiger partial charge in [0.2, 0.25) is 0 Å². The Balaban J connectivity index is 0.000000730. The molecule has 1 aliphatic heterocycles. The summed E-state index contributed by atoms with van der Waals surface area (Å²) in [4.78, 5) is 6.35. The van der Waals surface area contributed by atoms with Gasteiger partial charge in [-0.1, -0.05) is 81.2 Å². The summed E-state index contributed by atoms with van der Waals surface area (Å²) in [7, 11) is 0. The normalized spacial score (nSPS) is 12.7. The third kappa shape index (κ3) is 5.44. The molecule has 0 radical (unpaired) electrons. The van der Waals surface area contributed by atoms with Crippen molar-refractivity contribution in [3.8, 4) is 6.07 Å². The average Bonchev–Trinajstić information content (AvgIpc) is 2.66. The molecule has 0 fully saturated rings. The lowest BCUT2D eigenvalue weighted by molar-refractivity contribution is 0.245. The van der Waals surface area contributed by atoms with Crippen molar-refractivity contribution in [3.05, 3.63) is 62.9 Å². The summed E-state index contributed by atoms with van der Waals surface area (Å²) < 4.78 is 0. The molecule has 0 spiro atoms. The molecule has 134 valence electrons. The maximum absolute atomic E-state index is 9.31. The second-order valence-electron chi connectivity index (χ2n) is 5.08. The molecule has 1 aromatic carbocycles. The number of fused-ring (bicyclic) bond motifs is 1. The van der Waals surface area contributed by atoms with Gasteiger partial charge in [-0.25, -0.2) is 4.98 Å². The SMILES string of the molecule is CC.CC.N#Cc1c(Cl)nc(Cl)c2c1CN(Cc1ccccc1)CC2. The Kier molecular flexibility index (Phi) is 9.52. The molecule has 2 heterocycles. The Morgan fingerprint density at radius 2 is 1.68 bits per heavy atom. The van der Waals surface area contributed by atoms with Crippen LogP contribution in [-0.2, 0) is 19.5 Å². The smallest absolute Gasteiger partial charge is 0.148 e. The third-order valence-electron chi connectivity index (χ3n) is 3.74. The van der Waals surface area contributed by atoms with Crippen LogP contribution in [0.5, 0.6) is 0 Å². The predicted octanol–water partition coefficient (Wildman–Crippen LogP) is 5.87. The molecule has 5 heteroatoms. The molecule has 2 aromatic rings. The summed E-state index contributed by atoms with van der Waals surface area (Å²) in [5.74, 6) is 0. The van der Waals surface area contributed by atoms with E-state index in [1.807, 2.05) is 45.9 Å². The van der Waals surface area contributed by atoms with Crippen molar-refractivity contribution < 1.29 is 0 Å². The minimum absolute atomic E-state index is 0.197. The van der Waals surface area contributed by atoms with Crippen LogP contribution in [0.2, 0.25) is 10.3 Å². The van der Waals surface area contributed by atoms with Gasteiger partial charge in [0.05, 0.1) is 5.56 Å². The van der Waals surface area contributed by atoms with E-state index in [9.17, 15) is 5.26 Å². The zero-order valence-electron chi connectivity index (χ0n) is 15.3. The number of benzene rings is 1. The second kappa shape index (κ2) is 11.1. The lowest BCUT2D eigenvalue weighted by Gasteiger charge is -2.29. The lowest BCUT2D eigenvalue weighted by atomic mass is 9.97. The van der Waals surface area contributed by atoms with Gasteiger partial charge in [-0.15, -0.1) is 0 Å². The number of hydrogen-bond donors (Lipinski definition) is 0. The molecule has 0 bridgehead atoms. The van der Waals surface area contributed by atoms with Gasteiger partial charge in [-0.3, -0.25) is 4.90 Å². The Hall–Kier alpha value is -1.60. The lowest BCUT2D eigenvalue weighted by Crippen LogP contribution is -2.31. The Morgan fingerprint density at radius 3 is 2.28 bits per heavy atom. The van der Waals surface area contributed by atoms with E-state index in [2.05, 4.69) is 28.1 Å². The van der Waals surface area contributed by atoms with Gasteiger partial charge >= 0.3 is 0 Å². The monoisotopic (exact) mass is 377 g/mol. The second-order valence-corrected chi connectivity index (χ2v) is 5.80. The molecular formula is C20H25Cl2N3. The molecule has 25 heavy (non-hydrogen) atoms. The van der Waals surface area contributed by atoms with Crippen LogP contribution in [0, 0.1) is 11.3 Å². The first kappa shape index (κ1) is 21.4. The average molecular weight is 378 g/mol. The third-order valence-corrected chi connectivity index (χ3v) is 4.32. The highest BCUT2D eigenvalue weighted by atomic mass is 35.5. The minimum atomic E-state index is 0.197. The molecule has 0 atom stereocenters. The van der Waals surface area contributed by atoms with E-state index in [-0.39, 0.29) is 5.15 Å². The number of nitrogens with zero attached hydrogens (tertiary/aromatic N) is 3. The molecule has 0 unspecified atom stereocenters. The summed E-state index contributed by atoms with van der Waals surface area (Å²) in [5, 5.41) is 9.93. The van der Waals surface area contributed by atoms with Crippen LogP contribution in [0.3, 0.4) is 0 Å². The Labute approximate surface area is 161 Å². The standard InChI is InChI=1S/C16H13Cl2N3.2C2H6/c17-15-12-6-7-21(9-11-4-2-1-3-5-11)10-14(12)13(8-19)16(18)20-15;2*1-2/h1-5H,6-7,9-10H2;2*1-2H3. The topological polar surface area (TPSA) is 39.9 Å². The van der Waals surface area contributed by atoms with Crippen molar-refractivity contribution in [3.63, 3.8) is 0 Å². The molecule has 0 amide bonds. The maximum atomic E-state index is 9.31. The van der Waals surface area contributed by atoms with E-state index >= 15 is 0 Å². The molecule has 1 aromatic heterocycles. The number of nitriles is 1. The summed E-state index contributed by atoms with van der Waals surface area (Å²) in [6.45, 7) is 10.4. The Morgan fingerprint density at radius 1 is 1.04 bits per heavy atom. The first-order valence-electron chi connectivity index (χ1n) is 8.72. The van der Waals surface area contributed by atoms with Crippen LogP contribution in [0.15, 0.2) is 30.3 Å². The number of pyridine rings is 1. The summed E-state index contributed by atoms with van der Waals surface area (Å²) >= 11 is 12.2. The van der Waals surface area contributed by atoms with Gasteiger partial charge in [0.15, 0.2) is 0 Å². The first-order chi connectivity index (χ1) is 12.2. The van der Waals surface area contributed by atoms with Crippen LogP contribution < -0.4 is 0 Å². The van der Waals surface area contributed by atoms with Crippen LogP contribution in [0.4, 0.5) is 0 Å². The minimum Gasteiger partial charge on any atom is -0.294 e. The van der Waals surface area contributed by atoms with Crippen molar-refractivity contribution in [2.45, 2.75) is 47.2 Å². The molecule has 0 N–H and O–H groups in total. The van der Waals surface area contributed by atoms with E-state index < -0.39 is 0 Å². The molecule has 1 aliphatic rings. The van der Waals surface area contributed by atoms with Gasteiger partial charge in [-0.2, -0.15) is 5.26 Å². The van der Waals surface area contributed by atoms with E-state index in [1.165, 1.54) is 5.56 Å². The summed E-state index contributed by atoms with van der Waals surface area (Å²) in [6.07, 6.45) is 0.792. The summed E-state index contributed by atoms with van der Waals surface area (Å²) in [6, 6.07) is 12.4. The predicted molar refractivity (Wildman–Crippen MR) is 106 cm³/mol. The Bertz CT molecular complexity index is 709. The van der Waals surface area contributed by atoms with E-state index in [0.29, 0.717) is 17.3 Å². The molecule has 3 rings (SSSR count). The van der Waals surface area contributed by atoms with Crippen molar-refractivity contribution in [1.29, 1.82) is 5.26 Å². The molecule has 0 aliphatic carbocycles. The zero-order valence-corrected chi connectivity index (χ0v) is 16.8.